The van der Waals surface area contributed by atoms with Crippen molar-refractivity contribution in [3.63, 3.8) is 0 Å². The standard InChI is InChI=1S/C20H24N4O.CH5N/c1-2-3-13-23-16-9-11-17(12-10-16)24-20(25)19(22)14-18(21)15-7-5-4-6-8-15;1-2/h4-12,21-23H,2-3,13-14H2,1H3,(H,24,25);2H2,1H3. The summed E-state index contributed by atoms with van der Waals surface area (Å²) >= 11 is 0. The molecule has 0 unspecified atom stereocenters. The van der Waals surface area contributed by atoms with Crippen LogP contribution in [0, 0.1) is 10.8 Å². The normalized spacial score (nSPS) is 9.59. The van der Waals surface area contributed by atoms with Gasteiger partial charge in [-0.15, -0.1) is 0 Å². The number of hydrogen-bond donors (Lipinski definition) is 5. The average Bonchev–Trinajstić information content (AvgIpc) is 2.71. The fraction of sp³-hybridized carbons (Fsp3) is 0.286. The highest BCUT2D eigenvalue weighted by atomic mass is 16.1. The SMILES string of the molecule is CCCCNc1ccc(NC(=O)C(=N)CC(=N)c2ccccc2)cc1.CN. The Morgan fingerprint density at radius 3 is 2.15 bits per heavy atom. The molecule has 0 aliphatic rings. The zero-order valence-electron chi connectivity index (χ0n) is 16.0. The van der Waals surface area contributed by atoms with Gasteiger partial charge < -0.3 is 21.8 Å². The second-order valence-corrected chi connectivity index (χ2v) is 5.81. The van der Waals surface area contributed by atoms with E-state index in [9.17, 15) is 4.79 Å². The fourth-order valence-electron chi connectivity index (χ4n) is 2.29. The van der Waals surface area contributed by atoms with E-state index >= 15 is 0 Å². The molecule has 6 N–H and O–H groups in total. The van der Waals surface area contributed by atoms with Gasteiger partial charge in [-0.3, -0.25) is 10.2 Å². The highest BCUT2D eigenvalue weighted by molar-refractivity contribution is 6.45. The molecule has 0 saturated carbocycles. The van der Waals surface area contributed by atoms with Crippen molar-refractivity contribution in [3.8, 4) is 0 Å². The van der Waals surface area contributed by atoms with E-state index in [0.717, 1.165) is 30.6 Å². The van der Waals surface area contributed by atoms with Crippen LogP contribution in [0.3, 0.4) is 0 Å². The minimum Gasteiger partial charge on any atom is -0.385 e. The molecule has 0 bridgehead atoms. The zero-order valence-corrected chi connectivity index (χ0v) is 16.0. The first-order valence-corrected chi connectivity index (χ1v) is 9.03. The number of nitrogens with two attached hydrogens (primary N) is 1. The number of unbranched alkanes of at least 4 members (excludes halogenated alkanes) is 1. The van der Waals surface area contributed by atoms with Crippen LogP contribution in [0.1, 0.15) is 31.7 Å². The Kier molecular flexibility index (Phi) is 10.1. The minimum absolute atomic E-state index is 0.00645. The van der Waals surface area contributed by atoms with E-state index in [4.69, 9.17) is 10.8 Å². The van der Waals surface area contributed by atoms with Crippen LogP contribution in [-0.4, -0.2) is 30.9 Å². The number of amides is 1. The van der Waals surface area contributed by atoms with Crippen molar-refractivity contribution in [2.24, 2.45) is 5.73 Å². The molecule has 0 spiro atoms. The van der Waals surface area contributed by atoms with E-state index in [0.29, 0.717) is 5.69 Å². The third kappa shape index (κ3) is 7.83. The van der Waals surface area contributed by atoms with E-state index in [1.807, 2.05) is 42.5 Å². The van der Waals surface area contributed by atoms with Gasteiger partial charge in [0.15, 0.2) is 0 Å². The molecule has 0 aliphatic heterocycles. The van der Waals surface area contributed by atoms with Crippen LogP contribution in [0.5, 0.6) is 0 Å². The lowest BCUT2D eigenvalue weighted by Gasteiger charge is -2.09. The van der Waals surface area contributed by atoms with Gasteiger partial charge in [0.2, 0.25) is 0 Å². The molecule has 0 radical (unpaired) electrons. The Hall–Kier alpha value is -2.99. The molecule has 144 valence electrons. The number of hydrogen-bond acceptors (Lipinski definition) is 5. The number of carbonyl (C=O) groups excluding carboxylic acids is 1. The maximum absolute atomic E-state index is 12.1. The molecule has 2 aromatic rings. The predicted molar refractivity (Wildman–Crippen MR) is 114 cm³/mol. The number of nitrogens with one attached hydrogen (secondary N) is 4. The average molecular weight is 367 g/mol. The quantitative estimate of drug-likeness (QED) is 0.342. The third-order valence-corrected chi connectivity index (χ3v) is 3.75. The topological polar surface area (TPSA) is 115 Å². The molecule has 6 nitrogen and oxygen atoms in total. The molecule has 0 aromatic heterocycles. The first kappa shape index (κ1) is 22.1. The van der Waals surface area contributed by atoms with Crippen LogP contribution in [0.25, 0.3) is 0 Å². The summed E-state index contributed by atoms with van der Waals surface area (Å²) in [6, 6.07) is 16.6. The summed E-state index contributed by atoms with van der Waals surface area (Å²) in [6.45, 7) is 3.07. The van der Waals surface area contributed by atoms with Crippen molar-refractivity contribution in [2.75, 3.05) is 24.2 Å². The van der Waals surface area contributed by atoms with Crippen molar-refractivity contribution in [1.82, 2.24) is 0 Å². The summed E-state index contributed by atoms with van der Waals surface area (Å²) < 4.78 is 0. The molecule has 0 heterocycles. The van der Waals surface area contributed by atoms with Gasteiger partial charge in [-0.25, -0.2) is 0 Å². The van der Waals surface area contributed by atoms with Crippen LogP contribution in [0.15, 0.2) is 54.6 Å². The summed E-state index contributed by atoms with van der Waals surface area (Å²) in [5.74, 6) is -0.479. The third-order valence-electron chi connectivity index (χ3n) is 3.75. The highest BCUT2D eigenvalue weighted by Gasteiger charge is 2.13. The minimum atomic E-state index is -0.479. The molecule has 0 aliphatic carbocycles. The van der Waals surface area contributed by atoms with Crippen LogP contribution >= 0.6 is 0 Å². The Morgan fingerprint density at radius 2 is 1.56 bits per heavy atom. The second kappa shape index (κ2) is 12.4. The van der Waals surface area contributed by atoms with Gasteiger partial charge in [-0.05, 0) is 43.3 Å². The molecule has 0 saturated heterocycles. The van der Waals surface area contributed by atoms with E-state index < -0.39 is 5.91 Å². The second-order valence-electron chi connectivity index (χ2n) is 5.81. The van der Waals surface area contributed by atoms with E-state index in [1.165, 1.54) is 7.05 Å². The Balaban J connectivity index is 0.00000176. The Morgan fingerprint density at radius 1 is 0.963 bits per heavy atom. The molecule has 27 heavy (non-hydrogen) atoms. The molecule has 0 atom stereocenters. The number of rotatable bonds is 9. The van der Waals surface area contributed by atoms with Crippen molar-refractivity contribution in [2.45, 2.75) is 26.2 Å². The van der Waals surface area contributed by atoms with Crippen molar-refractivity contribution >= 4 is 28.7 Å². The van der Waals surface area contributed by atoms with Crippen LogP contribution in [-0.2, 0) is 4.79 Å². The lowest BCUT2D eigenvalue weighted by molar-refractivity contribution is -0.110. The molecule has 0 fully saturated rings. The van der Waals surface area contributed by atoms with Gasteiger partial charge >= 0.3 is 0 Å². The van der Waals surface area contributed by atoms with Gasteiger partial charge in [-0.1, -0.05) is 43.7 Å². The van der Waals surface area contributed by atoms with Crippen molar-refractivity contribution < 1.29 is 4.79 Å². The molecule has 2 rings (SSSR count). The van der Waals surface area contributed by atoms with Crippen molar-refractivity contribution in [1.29, 1.82) is 10.8 Å². The van der Waals surface area contributed by atoms with Gasteiger partial charge in [0, 0.05) is 30.1 Å². The van der Waals surface area contributed by atoms with Gasteiger partial charge in [0.1, 0.15) is 5.71 Å². The molecule has 6 heteroatoms. The Bertz CT molecular complexity index is 726. The molecule has 1 amide bonds. The summed E-state index contributed by atoms with van der Waals surface area (Å²) in [4.78, 5) is 12.1. The summed E-state index contributed by atoms with van der Waals surface area (Å²) in [5.41, 5.74) is 7.01. The lowest BCUT2D eigenvalue weighted by Crippen LogP contribution is -2.24. The number of anilines is 2. The van der Waals surface area contributed by atoms with Gasteiger partial charge in [0.25, 0.3) is 5.91 Å². The first-order valence-electron chi connectivity index (χ1n) is 9.03. The van der Waals surface area contributed by atoms with Crippen molar-refractivity contribution in [3.05, 3.63) is 60.2 Å². The van der Waals surface area contributed by atoms with Crippen LogP contribution in [0.2, 0.25) is 0 Å². The monoisotopic (exact) mass is 367 g/mol. The maximum Gasteiger partial charge on any atom is 0.269 e. The molecule has 2 aromatic carbocycles. The molecular weight excluding hydrogens is 338 g/mol. The summed E-state index contributed by atoms with van der Waals surface area (Å²) in [7, 11) is 1.50. The van der Waals surface area contributed by atoms with E-state index in [-0.39, 0.29) is 17.8 Å². The summed E-state index contributed by atoms with van der Waals surface area (Å²) in [5, 5.41) is 21.9. The van der Waals surface area contributed by atoms with Crippen LogP contribution < -0.4 is 16.4 Å². The summed E-state index contributed by atoms with van der Waals surface area (Å²) in [6.07, 6.45) is 2.26. The zero-order chi connectivity index (χ0) is 20.1. The largest absolute Gasteiger partial charge is 0.385 e. The van der Waals surface area contributed by atoms with E-state index in [2.05, 4.69) is 23.3 Å². The maximum atomic E-state index is 12.1. The first-order chi connectivity index (χ1) is 13.1. The fourth-order valence-corrected chi connectivity index (χ4v) is 2.29. The van der Waals surface area contributed by atoms with Crippen LogP contribution in [0.4, 0.5) is 11.4 Å². The van der Waals surface area contributed by atoms with Gasteiger partial charge in [0.05, 0.1) is 0 Å². The number of carbonyl (C=O) groups is 1. The number of benzene rings is 2. The lowest BCUT2D eigenvalue weighted by atomic mass is 10.0. The van der Waals surface area contributed by atoms with Gasteiger partial charge in [-0.2, -0.15) is 0 Å². The van der Waals surface area contributed by atoms with E-state index in [1.54, 1.807) is 12.1 Å². The molecular formula is C21H29N5O. The highest BCUT2D eigenvalue weighted by Crippen LogP contribution is 2.14. The Labute approximate surface area is 161 Å². The predicted octanol–water partition coefficient (Wildman–Crippen LogP) is 3.89. The smallest absolute Gasteiger partial charge is 0.269 e.